The highest BCUT2D eigenvalue weighted by Crippen LogP contribution is 2.49. The van der Waals surface area contributed by atoms with Crippen LogP contribution < -0.4 is 0 Å². The molecule has 132 valence electrons. The fourth-order valence-corrected chi connectivity index (χ4v) is 6.61. The molecule has 0 aromatic heterocycles. The predicted molar refractivity (Wildman–Crippen MR) is 88.8 cm³/mol. The van der Waals surface area contributed by atoms with E-state index in [-0.39, 0.29) is 23.5 Å². The molecule has 0 radical (unpaired) electrons. The van der Waals surface area contributed by atoms with Gasteiger partial charge in [-0.05, 0) is 49.9 Å². The van der Waals surface area contributed by atoms with Gasteiger partial charge in [-0.15, -0.1) is 0 Å². The van der Waals surface area contributed by atoms with Crippen molar-refractivity contribution in [2.24, 2.45) is 17.8 Å². The normalized spacial score (nSPS) is 34.8. The van der Waals surface area contributed by atoms with E-state index < -0.39 is 9.84 Å². The van der Waals surface area contributed by atoms with Gasteiger partial charge >= 0.3 is 0 Å². The summed E-state index contributed by atoms with van der Waals surface area (Å²) in [6.45, 7) is 1.23. The first-order valence-electron chi connectivity index (χ1n) is 8.97. The number of methoxy groups -OCH3 is 1. The van der Waals surface area contributed by atoms with Crippen molar-refractivity contribution in [3.63, 3.8) is 0 Å². The van der Waals surface area contributed by atoms with E-state index in [0.717, 1.165) is 18.3 Å². The first-order valence-corrected chi connectivity index (χ1v) is 10.8. The maximum Gasteiger partial charge on any atom is 0.223 e. The molecular formula is C17H29NO4S. The van der Waals surface area contributed by atoms with Gasteiger partial charge in [0.1, 0.15) is 0 Å². The zero-order chi connectivity index (χ0) is 16.4. The third-order valence-corrected chi connectivity index (χ3v) is 7.79. The lowest BCUT2D eigenvalue weighted by Gasteiger charge is -2.31. The summed E-state index contributed by atoms with van der Waals surface area (Å²) < 4.78 is 28.7. The number of amides is 1. The van der Waals surface area contributed by atoms with Crippen LogP contribution in [0.2, 0.25) is 0 Å². The van der Waals surface area contributed by atoms with Gasteiger partial charge in [0, 0.05) is 32.7 Å². The molecule has 23 heavy (non-hydrogen) atoms. The van der Waals surface area contributed by atoms with E-state index in [1.807, 2.05) is 4.90 Å². The third-order valence-electron chi connectivity index (χ3n) is 6.04. The Hall–Kier alpha value is -0.620. The Kier molecular flexibility index (Phi) is 5.31. The molecule has 3 fully saturated rings. The standard InChI is InChI=1S/C17H29NO4S/c1-22-7-2-6-18(16-5-8-23(20,21)12-16)17(19)11-15-10-13-3-4-14(15)9-13/h13-16H,2-12H2,1H3. The molecule has 1 saturated heterocycles. The summed E-state index contributed by atoms with van der Waals surface area (Å²) in [5, 5.41) is 0. The minimum atomic E-state index is -2.97. The van der Waals surface area contributed by atoms with Crippen molar-refractivity contribution in [1.29, 1.82) is 0 Å². The van der Waals surface area contributed by atoms with E-state index in [0.29, 0.717) is 31.9 Å². The second kappa shape index (κ2) is 7.09. The molecule has 1 amide bonds. The quantitative estimate of drug-likeness (QED) is 0.662. The van der Waals surface area contributed by atoms with Gasteiger partial charge in [0.15, 0.2) is 9.84 Å². The molecule has 0 N–H and O–H groups in total. The summed E-state index contributed by atoms with van der Waals surface area (Å²) in [4.78, 5) is 14.7. The molecule has 4 unspecified atom stereocenters. The molecule has 4 atom stereocenters. The first kappa shape index (κ1) is 17.2. The van der Waals surface area contributed by atoms with Crippen LogP contribution in [-0.4, -0.2) is 57.0 Å². The lowest BCUT2D eigenvalue weighted by atomic mass is 9.86. The summed E-state index contributed by atoms with van der Waals surface area (Å²) in [5.74, 6) is 2.64. The Morgan fingerprint density at radius 2 is 2.04 bits per heavy atom. The Morgan fingerprint density at radius 1 is 1.22 bits per heavy atom. The number of nitrogens with zero attached hydrogens (tertiary/aromatic N) is 1. The summed E-state index contributed by atoms with van der Waals surface area (Å²) in [6, 6.07) is -0.122. The van der Waals surface area contributed by atoms with Crippen LogP contribution in [-0.2, 0) is 19.4 Å². The minimum absolute atomic E-state index is 0.122. The molecule has 5 nitrogen and oxygen atoms in total. The van der Waals surface area contributed by atoms with Crippen LogP contribution in [0.1, 0.15) is 44.9 Å². The van der Waals surface area contributed by atoms with Gasteiger partial charge in [-0.1, -0.05) is 6.42 Å². The SMILES string of the molecule is COCCCN(C(=O)CC1CC2CCC1C2)C1CCS(=O)(=O)C1. The lowest BCUT2D eigenvalue weighted by molar-refractivity contribution is -0.134. The lowest BCUT2D eigenvalue weighted by Crippen LogP contribution is -2.43. The van der Waals surface area contributed by atoms with Gasteiger partial charge in [-0.2, -0.15) is 0 Å². The topological polar surface area (TPSA) is 63.7 Å². The van der Waals surface area contributed by atoms with Crippen LogP contribution in [0.25, 0.3) is 0 Å². The van der Waals surface area contributed by atoms with Gasteiger partial charge in [0.2, 0.25) is 5.91 Å². The van der Waals surface area contributed by atoms with Crippen LogP contribution in [0.4, 0.5) is 0 Å². The average molecular weight is 343 g/mol. The van der Waals surface area contributed by atoms with Gasteiger partial charge in [-0.3, -0.25) is 4.79 Å². The maximum absolute atomic E-state index is 12.9. The molecule has 3 aliphatic rings. The zero-order valence-electron chi connectivity index (χ0n) is 14.1. The van der Waals surface area contributed by atoms with Gasteiger partial charge in [-0.25, -0.2) is 8.42 Å². The van der Waals surface area contributed by atoms with Crippen molar-refractivity contribution in [3.05, 3.63) is 0 Å². The summed E-state index contributed by atoms with van der Waals surface area (Å²) in [6.07, 6.45) is 7.11. The molecule has 3 rings (SSSR count). The highest BCUT2D eigenvalue weighted by molar-refractivity contribution is 7.91. The van der Waals surface area contributed by atoms with Gasteiger partial charge < -0.3 is 9.64 Å². The summed E-state index contributed by atoms with van der Waals surface area (Å²) in [7, 11) is -1.31. The van der Waals surface area contributed by atoms with Crippen molar-refractivity contribution < 1.29 is 17.9 Å². The van der Waals surface area contributed by atoms with Crippen molar-refractivity contribution in [3.8, 4) is 0 Å². The number of hydrogen-bond acceptors (Lipinski definition) is 4. The Labute approximate surface area is 139 Å². The number of fused-ring (bicyclic) bond motifs is 2. The van der Waals surface area contributed by atoms with Crippen LogP contribution in [0, 0.1) is 17.8 Å². The Morgan fingerprint density at radius 3 is 2.61 bits per heavy atom. The van der Waals surface area contributed by atoms with E-state index in [9.17, 15) is 13.2 Å². The Bertz CT molecular complexity index is 533. The minimum Gasteiger partial charge on any atom is -0.385 e. The monoisotopic (exact) mass is 343 g/mol. The van der Waals surface area contributed by atoms with Gasteiger partial charge in [0.25, 0.3) is 0 Å². The largest absolute Gasteiger partial charge is 0.385 e. The summed E-state index contributed by atoms with van der Waals surface area (Å²) >= 11 is 0. The number of hydrogen-bond donors (Lipinski definition) is 0. The fourth-order valence-electron chi connectivity index (χ4n) is 4.88. The average Bonchev–Trinajstić information content (AvgIpc) is 3.19. The second-order valence-corrected chi connectivity index (χ2v) is 9.86. The third kappa shape index (κ3) is 4.08. The van der Waals surface area contributed by atoms with Crippen molar-refractivity contribution in [2.75, 3.05) is 31.8 Å². The van der Waals surface area contributed by atoms with Gasteiger partial charge in [0.05, 0.1) is 11.5 Å². The molecule has 2 bridgehead atoms. The first-order chi connectivity index (χ1) is 11.0. The molecule has 6 heteroatoms. The predicted octanol–water partition coefficient (Wildman–Crippen LogP) is 1.86. The number of carbonyl (C=O) groups is 1. The van der Waals surface area contributed by atoms with Crippen LogP contribution in [0.5, 0.6) is 0 Å². The smallest absolute Gasteiger partial charge is 0.223 e. The Balaban J connectivity index is 1.61. The molecular weight excluding hydrogens is 314 g/mol. The number of ether oxygens (including phenoxy) is 1. The molecule has 0 spiro atoms. The fraction of sp³-hybridized carbons (Fsp3) is 0.941. The van der Waals surface area contributed by atoms with E-state index >= 15 is 0 Å². The summed E-state index contributed by atoms with van der Waals surface area (Å²) in [5.41, 5.74) is 0. The van der Waals surface area contributed by atoms with Crippen LogP contribution in [0.3, 0.4) is 0 Å². The number of carbonyl (C=O) groups excluding carboxylic acids is 1. The van der Waals surface area contributed by atoms with E-state index in [4.69, 9.17) is 4.74 Å². The zero-order valence-corrected chi connectivity index (χ0v) is 14.9. The second-order valence-electron chi connectivity index (χ2n) is 7.63. The highest BCUT2D eigenvalue weighted by Gasteiger charge is 2.42. The highest BCUT2D eigenvalue weighted by atomic mass is 32.2. The van der Waals surface area contributed by atoms with E-state index in [2.05, 4.69) is 0 Å². The molecule has 1 heterocycles. The number of sulfone groups is 1. The van der Waals surface area contributed by atoms with E-state index in [1.54, 1.807) is 7.11 Å². The molecule has 2 aliphatic carbocycles. The van der Waals surface area contributed by atoms with E-state index in [1.165, 1.54) is 25.7 Å². The van der Waals surface area contributed by atoms with Crippen molar-refractivity contribution in [1.82, 2.24) is 4.90 Å². The number of rotatable bonds is 7. The molecule has 2 saturated carbocycles. The van der Waals surface area contributed by atoms with Crippen molar-refractivity contribution in [2.45, 2.75) is 51.0 Å². The molecule has 0 aromatic carbocycles. The van der Waals surface area contributed by atoms with Crippen LogP contribution in [0.15, 0.2) is 0 Å². The molecule has 1 aliphatic heterocycles. The van der Waals surface area contributed by atoms with Crippen LogP contribution >= 0.6 is 0 Å². The molecule has 0 aromatic rings. The van der Waals surface area contributed by atoms with Crippen molar-refractivity contribution >= 4 is 15.7 Å². The maximum atomic E-state index is 12.9.